The quantitative estimate of drug-likeness (QED) is 0.384. The lowest BCUT2D eigenvalue weighted by Gasteiger charge is -2.07. The van der Waals surface area contributed by atoms with E-state index in [0.29, 0.717) is 23.1 Å². The third-order valence-electron chi connectivity index (χ3n) is 4.38. The van der Waals surface area contributed by atoms with Crippen molar-refractivity contribution in [2.75, 3.05) is 10.6 Å². The van der Waals surface area contributed by atoms with Crippen LogP contribution in [0.4, 0.5) is 10.8 Å². The number of carbonyl (C=O) groups excluding carboxylic acids is 2. The largest absolute Gasteiger partial charge is 0.487 e. The van der Waals surface area contributed by atoms with E-state index in [4.69, 9.17) is 4.74 Å². The predicted molar refractivity (Wildman–Crippen MR) is 127 cm³/mol. The highest BCUT2D eigenvalue weighted by atomic mass is 32.1. The van der Waals surface area contributed by atoms with Gasteiger partial charge < -0.3 is 10.1 Å². The Kier molecular flexibility index (Phi) is 6.58. The first-order chi connectivity index (χ1) is 15.5. The zero-order valence-corrected chi connectivity index (χ0v) is 19.0. The number of ether oxygens (including phenoxy) is 1. The van der Waals surface area contributed by atoms with Gasteiger partial charge in [0.25, 0.3) is 5.91 Å². The average molecular weight is 465 g/mol. The van der Waals surface area contributed by atoms with Crippen molar-refractivity contribution < 1.29 is 14.3 Å². The predicted octanol–water partition coefficient (Wildman–Crippen LogP) is 5.36. The molecule has 0 aliphatic carbocycles. The molecule has 32 heavy (non-hydrogen) atoms. The molecule has 0 radical (unpaired) electrons. The van der Waals surface area contributed by atoms with Crippen LogP contribution in [0.3, 0.4) is 0 Å². The maximum atomic E-state index is 12.7. The Balaban J connectivity index is 1.39. The summed E-state index contributed by atoms with van der Waals surface area (Å²) in [5.41, 5.74) is 3.70. The highest BCUT2D eigenvalue weighted by molar-refractivity contribution is 7.14. The maximum Gasteiger partial charge on any atom is 0.257 e. The van der Waals surface area contributed by atoms with Gasteiger partial charge in [-0.25, -0.2) is 9.97 Å². The third kappa shape index (κ3) is 5.57. The zero-order valence-electron chi connectivity index (χ0n) is 17.4. The Bertz CT molecular complexity index is 1250. The fourth-order valence-corrected chi connectivity index (χ4v) is 4.23. The number of hydrogen-bond acceptors (Lipinski definition) is 7. The van der Waals surface area contributed by atoms with Crippen LogP contribution < -0.4 is 15.4 Å². The Labute approximate surface area is 193 Å². The van der Waals surface area contributed by atoms with Gasteiger partial charge in [0, 0.05) is 34.5 Å². The van der Waals surface area contributed by atoms with Crippen LogP contribution in [0.15, 0.2) is 59.3 Å². The molecule has 2 N–H and O–H groups in total. The molecular formula is C23H20N4O3S2. The molecule has 2 amide bonds. The van der Waals surface area contributed by atoms with E-state index in [1.54, 1.807) is 29.5 Å². The van der Waals surface area contributed by atoms with E-state index in [1.807, 2.05) is 48.0 Å². The molecule has 2 heterocycles. The Morgan fingerprint density at radius 2 is 1.81 bits per heavy atom. The van der Waals surface area contributed by atoms with Crippen LogP contribution in [0, 0.1) is 6.92 Å². The van der Waals surface area contributed by atoms with E-state index >= 15 is 0 Å². The molecule has 0 atom stereocenters. The molecule has 2 aromatic carbocycles. The van der Waals surface area contributed by atoms with Crippen LogP contribution in [0.5, 0.6) is 5.75 Å². The molecule has 0 fully saturated rings. The number of amides is 2. The number of nitrogens with zero attached hydrogens (tertiary/aromatic N) is 2. The lowest BCUT2D eigenvalue weighted by atomic mass is 10.1. The first-order valence-corrected chi connectivity index (χ1v) is 11.5. The number of nitrogens with one attached hydrogen (secondary N) is 2. The van der Waals surface area contributed by atoms with Crippen molar-refractivity contribution in [2.45, 2.75) is 20.5 Å². The van der Waals surface area contributed by atoms with Crippen molar-refractivity contribution in [1.82, 2.24) is 9.97 Å². The molecule has 162 valence electrons. The van der Waals surface area contributed by atoms with Gasteiger partial charge in [-0.3, -0.25) is 14.9 Å². The highest BCUT2D eigenvalue weighted by Crippen LogP contribution is 2.26. The molecule has 0 saturated heterocycles. The Morgan fingerprint density at radius 1 is 1.00 bits per heavy atom. The fourth-order valence-electron chi connectivity index (χ4n) is 2.92. The molecule has 4 aromatic rings. The van der Waals surface area contributed by atoms with Crippen molar-refractivity contribution in [3.05, 3.63) is 75.6 Å². The van der Waals surface area contributed by atoms with Gasteiger partial charge >= 0.3 is 0 Å². The third-order valence-corrected chi connectivity index (χ3v) is 5.96. The standard InChI is InChI=1S/C23H20N4O3S2/c1-14(28)24-18-8-6-16(7-9-18)21-13-32-23(26-21)27-22(29)17-4-3-5-20(10-17)30-11-19-12-31-15(2)25-19/h3-10,12-13H,11H2,1-2H3,(H,24,28)(H,26,27,29). The number of aryl methyl sites for hydroxylation is 1. The second-order valence-corrected chi connectivity index (χ2v) is 8.85. The second kappa shape index (κ2) is 9.71. The minimum Gasteiger partial charge on any atom is -0.487 e. The van der Waals surface area contributed by atoms with Crippen molar-refractivity contribution in [3.8, 4) is 17.0 Å². The number of rotatable bonds is 7. The minimum atomic E-state index is -0.262. The summed E-state index contributed by atoms with van der Waals surface area (Å²) in [5, 5.41) is 10.9. The van der Waals surface area contributed by atoms with Crippen LogP contribution in [-0.2, 0) is 11.4 Å². The van der Waals surface area contributed by atoms with Crippen LogP contribution >= 0.6 is 22.7 Å². The van der Waals surface area contributed by atoms with Gasteiger partial charge in [0.2, 0.25) is 5.91 Å². The first kappa shape index (κ1) is 21.7. The number of thiazole rings is 2. The van der Waals surface area contributed by atoms with Gasteiger partial charge in [-0.05, 0) is 37.3 Å². The molecule has 9 heteroatoms. The first-order valence-electron chi connectivity index (χ1n) is 9.75. The van der Waals surface area contributed by atoms with E-state index < -0.39 is 0 Å². The zero-order chi connectivity index (χ0) is 22.5. The number of aromatic nitrogens is 2. The Morgan fingerprint density at radius 3 is 2.53 bits per heavy atom. The number of hydrogen-bond donors (Lipinski definition) is 2. The van der Waals surface area contributed by atoms with E-state index in [0.717, 1.165) is 27.6 Å². The monoisotopic (exact) mass is 464 g/mol. The highest BCUT2D eigenvalue weighted by Gasteiger charge is 2.11. The van der Waals surface area contributed by atoms with Gasteiger partial charge in [-0.15, -0.1) is 22.7 Å². The van der Waals surface area contributed by atoms with Crippen molar-refractivity contribution >= 4 is 45.3 Å². The van der Waals surface area contributed by atoms with Crippen LogP contribution in [0.1, 0.15) is 28.0 Å². The SMILES string of the molecule is CC(=O)Nc1ccc(-c2csc(NC(=O)c3cccc(OCc4csc(C)n4)c3)n2)cc1. The van der Waals surface area contributed by atoms with Gasteiger partial charge in [-0.2, -0.15) is 0 Å². The van der Waals surface area contributed by atoms with Gasteiger partial charge in [0.15, 0.2) is 5.13 Å². The Hall–Kier alpha value is -3.56. The lowest BCUT2D eigenvalue weighted by Crippen LogP contribution is -2.11. The van der Waals surface area contributed by atoms with Crippen LogP contribution in [0.25, 0.3) is 11.3 Å². The molecule has 0 unspecified atom stereocenters. The second-order valence-electron chi connectivity index (χ2n) is 6.92. The summed E-state index contributed by atoms with van der Waals surface area (Å²) in [6.07, 6.45) is 0. The van der Waals surface area contributed by atoms with Crippen molar-refractivity contribution in [2.24, 2.45) is 0 Å². The number of carbonyl (C=O) groups is 2. The van der Waals surface area contributed by atoms with Gasteiger partial charge in [-0.1, -0.05) is 18.2 Å². The smallest absolute Gasteiger partial charge is 0.257 e. The fraction of sp³-hybridized carbons (Fsp3) is 0.130. The van der Waals surface area contributed by atoms with E-state index in [2.05, 4.69) is 20.6 Å². The molecule has 0 saturated carbocycles. The lowest BCUT2D eigenvalue weighted by molar-refractivity contribution is -0.114. The van der Waals surface area contributed by atoms with Crippen molar-refractivity contribution in [1.29, 1.82) is 0 Å². The summed E-state index contributed by atoms with van der Waals surface area (Å²) in [6, 6.07) is 14.4. The molecular weight excluding hydrogens is 444 g/mol. The van der Waals surface area contributed by atoms with E-state index in [-0.39, 0.29) is 11.8 Å². The van der Waals surface area contributed by atoms with Gasteiger partial charge in [0.05, 0.1) is 16.4 Å². The normalized spacial score (nSPS) is 10.6. The topological polar surface area (TPSA) is 93.2 Å². The molecule has 0 aliphatic heterocycles. The number of benzene rings is 2. The average Bonchev–Trinajstić information content (AvgIpc) is 3.41. The summed E-state index contributed by atoms with van der Waals surface area (Å²) < 4.78 is 5.77. The van der Waals surface area contributed by atoms with Crippen LogP contribution in [-0.4, -0.2) is 21.8 Å². The maximum absolute atomic E-state index is 12.7. The molecule has 7 nitrogen and oxygen atoms in total. The van der Waals surface area contributed by atoms with E-state index in [1.165, 1.54) is 18.3 Å². The molecule has 4 rings (SSSR count). The van der Waals surface area contributed by atoms with E-state index in [9.17, 15) is 9.59 Å². The molecule has 2 aromatic heterocycles. The minimum absolute atomic E-state index is 0.121. The van der Waals surface area contributed by atoms with Crippen molar-refractivity contribution in [3.63, 3.8) is 0 Å². The summed E-state index contributed by atoms with van der Waals surface area (Å²) in [5.74, 6) is 0.216. The number of anilines is 2. The summed E-state index contributed by atoms with van der Waals surface area (Å²) in [7, 11) is 0. The summed E-state index contributed by atoms with van der Waals surface area (Å²) in [4.78, 5) is 32.7. The van der Waals surface area contributed by atoms with Crippen LogP contribution in [0.2, 0.25) is 0 Å². The van der Waals surface area contributed by atoms with Gasteiger partial charge in [0.1, 0.15) is 12.4 Å². The molecule has 0 bridgehead atoms. The summed E-state index contributed by atoms with van der Waals surface area (Å²) >= 11 is 2.92. The molecule has 0 spiro atoms. The summed E-state index contributed by atoms with van der Waals surface area (Å²) in [6.45, 7) is 3.77. The molecule has 0 aliphatic rings.